The summed E-state index contributed by atoms with van der Waals surface area (Å²) >= 11 is 5.91. The van der Waals surface area contributed by atoms with Gasteiger partial charge in [0.1, 0.15) is 18.5 Å². The van der Waals surface area contributed by atoms with Crippen LogP contribution in [-0.4, -0.2) is 65.0 Å². The number of halogens is 1. The van der Waals surface area contributed by atoms with Gasteiger partial charge < -0.3 is 29.5 Å². The first kappa shape index (κ1) is 26.6. The summed E-state index contributed by atoms with van der Waals surface area (Å²) in [4.78, 5) is 11.5. The van der Waals surface area contributed by atoms with E-state index in [4.69, 9.17) is 25.8 Å². The molecule has 0 aromatic heterocycles. The second-order valence-corrected chi connectivity index (χ2v) is 8.83. The molecule has 0 spiro atoms. The second kappa shape index (κ2) is 13.8. The number of carbonyl (C=O) groups excluding carboxylic acids is 1. The number of ether oxygens (including phenoxy) is 3. The molecule has 0 saturated heterocycles. The Balaban J connectivity index is 1.72. The number of esters is 1. The number of aliphatic hydroxyl groups is 3. The van der Waals surface area contributed by atoms with Gasteiger partial charge in [-0.2, -0.15) is 0 Å². The normalized spacial score (nSPS) is 24.2. The predicted octanol–water partition coefficient (Wildman–Crippen LogP) is 3.27. The molecular weight excluding hydrogens is 436 g/mol. The Morgan fingerprint density at radius 2 is 2.00 bits per heavy atom. The maximum atomic E-state index is 11.5. The van der Waals surface area contributed by atoms with Crippen molar-refractivity contribution in [2.24, 2.45) is 5.92 Å². The summed E-state index contributed by atoms with van der Waals surface area (Å²) in [5.74, 6) is 0.0793. The predicted molar refractivity (Wildman–Crippen MR) is 122 cm³/mol. The van der Waals surface area contributed by atoms with Gasteiger partial charge in [0.25, 0.3) is 0 Å². The molecule has 0 bridgehead atoms. The van der Waals surface area contributed by atoms with Crippen LogP contribution < -0.4 is 4.74 Å². The van der Waals surface area contributed by atoms with Crippen LogP contribution in [0.15, 0.2) is 36.4 Å². The second-order valence-electron chi connectivity index (χ2n) is 8.39. The van der Waals surface area contributed by atoms with Crippen molar-refractivity contribution in [2.45, 2.75) is 76.5 Å². The molecule has 8 heteroatoms. The first-order chi connectivity index (χ1) is 15.3. The Bertz CT molecular complexity index is 724. The monoisotopic (exact) mass is 470 g/mol. The molecule has 0 aliphatic heterocycles. The Morgan fingerprint density at radius 1 is 1.22 bits per heavy atom. The van der Waals surface area contributed by atoms with Crippen LogP contribution in [0.3, 0.4) is 0 Å². The van der Waals surface area contributed by atoms with Crippen LogP contribution in [0.4, 0.5) is 0 Å². The summed E-state index contributed by atoms with van der Waals surface area (Å²) in [6.45, 7) is 3.65. The minimum Gasteiger partial charge on any atom is -0.491 e. The first-order valence-electron chi connectivity index (χ1n) is 11.1. The maximum Gasteiger partial charge on any atom is 0.306 e. The van der Waals surface area contributed by atoms with Gasteiger partial charge in [-0.05, 0) is 51.3 Å². The van der Waals surface area contributed by atoms with Crippen LogP contribution in [0.1, 0.15) is 46.0 Å². The lowest BCUT2D eigenvalue weighted by Gasteiger charge is -2.24. The molecule has 0 amide bonds. The van der Waals surface area contributed by atoms with E-state index >= 15 is 0 Å². The summed E-state index contributed by atoms with van der Waals surface area (Å²) < 4.78 is 16.4. The number of unbranched alkanes of at least 4 members (excludes halogenated alkanes) is 1. The molecule has 32 heavy (non-hydrogen) atoms. The van der Waals surface area contributed by atoms with Gasteiger partial charge in [0, 0.05) is 23.8 Å². The lowest BCUT2D eigenvalue weighted by Crippen LogP contribution is -2.34. The molecule has 5 atom stereocenters. The van der Waals surface area contributed by atoms with Crippen LogP contribution in [-0.2, 0) is 14.3 Å². The van der Waals surface area contributed by atoms with Crippen molar-refractivity contribution in [3.8, 4) is 5.75 Å². The molecular formula is C24H35ClO7. The Morgan fingerprint density at radius 3 is 2.72 bits per heavy atom. The van der Waals surface area contributed by atoms with Gasteiger partial charge in [0.15, 0.2) is 0 Å². The standard InChI is InChI=1S/C24H35ClO7/c1-16(2)32-23(29)11-6-4-3-5-10-20-21(27)13-22(28)24(20)31-15-18(26)14-30-19-9-7-8-17(25)12-19/h3,5,7-9,12,16,18,20-22,24,26-28H,4,6,10-11,13-15H2,1-2H3/b5-3-/t18-,20+,21+,22-,24-/m1/s1. The molecule has 2 rings (SSSR count). The fraction of sp³-hybridized carbons (Fsp3) is 0.625. The summed E-state index contributed by atoms with van der Waals surface area (Å²) in [6.07, 6.45) is 3.42. The van der Waals surface area contributed by atoms with E-state index in [-0.39, 0.29) is 37.6 Å². The highest BCUT2D eigenvalue weighted by atomic mass is 35.5. The number of hydrogen-bond acceptors (Lipinski definition) is 7. The lowest BCUT2D eigenvalue weighted by atomic mass is 9.98. The molecule has 1 fully saturated rings. The number of allylic oxidation sites excluding steroid dienone is 2. The van der Waals surface area contributed by atoms with E-state index in [9.17, 15) is 20.1 Å². The van der Waals surface area contributed by atoms with Crippen LogP contribution in [0.5, 0.6) is 5.75 Å². The van der Waals surface area contributed by atoms with Crippen molar-refractivity contribution in [2.75, 3.05) is 13.2 Å². The van der Waals surface area contributed by atoms with E-state index in [0.29, 0.717) is 30.0 Å². The Kier molecular flexibility index (Phi) is 11.5. The molecule has 180 valence electrons. The molecule has 3 N–H and O–H groups in total. The molecule has 0 radical (unpaired) electrons. The lowest BCUT2D eigenvalue weighted by molar-refractivity contribution is -0.147. The van der Waals surface area contributed by atoms with E-state index in [1.165, 1.54) is 0 Å². The summed E-state index contributed by atoms with van der Waals surface area (Å²) in [5.41, 5.74) is 0. The van der Waals surface area contributed by atoms with E-state index in [0.717, 1.165) is 6.42 Å². The number of aliphatic hydroxyl groups excluding tert-OH is 3. The van der Waals surface area contributed by atoms with Gasteiger partial charge in [-0.3, -0.25) is 4.79 Å². The number of carbonyl (C=O) groups is 1. The van der Waals surface area contributed by atoms with Gasteiger partial charge in [0.05, 0.1) is 31.0 Å². The summed E-state index contributed by atoms with van der Waals surface area (Å²) in [5, 5.41) is 31.3. The van der Waals surface area contributed by atoms with Crippen molar-refractivity contribution in [1.29, 1.82) is 0 Å². The minimum atomic E-state index is -0.888. The van der Waals surface area contributed by atoms with Gasteiger partial charge in [0.2, 0.25) is 0 Å². The smallest absolute Gasteiger partial charge is 0.306 e. The Labute approximate surface area is 194 Å². The minimum absolute atomic E-state index is 0.0206. The summed E-state index contributed by atoms with van der Waals surface area (Å²) in [7, 11) is 0. The molecule has 1 aromatic rings. The van der Waals surface area contributed by atoms with Crippen LogP contribution in [0.25, 0.3) is 0 Å². The van der Waals surface area contributed by atoms with Gasteiger partial charge in [-0.15, -0.1) is 0 Å². The third-order valence-electron chi connectivity index (χ3n) is 5.19. The molecule has 0 unspecified atom stereocenters. The molecule has 1 aromatic carbocycles. The van der Waals surface area contributed by atoms with Crippen LogP contribution >= 0.6 is 11.6 Å². The molecule has 0 heterocycles. The van der Waals surface area contributed by atoms with E-state index in [2.05, 4.69) is 0 Å². The molecule has 1 saturated carbocycles. The fourth-order valence-corrected chi connectivity index (χ4v) is 3.84. The average molecular weight is 471 g/mol. The van der Waals surface area contributed by atoms with E-state index in [1.807, 2.05) is 26.0 Å². The number of rotatable bonds is 13. The average Bonchev–Trinajstić information content (AvgIpc) is 2.99. The zero-order valence-corrected chi connectivity index (χ0v) is 19.5. The number of benzene rings is 1. The van der Waals surface area contributed by atoms with Gasteiger partial charge in [-0.1, -0.05) is 29.8 Å². The van der Waals surface area contributed by atoms with Crippen molar-refractivity contribution in [3.63, 3.8) is 0 Å². The third kappa shape index (κ3) is 9.46. The van der Waals surface area contributed by atoms with Crippen LogP contribution in [0, 0.1) is 5.92 Å². The van der Waals surface area contributed by atoms with Crippen molar-refractivity contribution < 1.29 is 34.3 Å². The molecule has 7 nitrogen and oxygen atoms in total. The topological polar surface area (TPSA) is 105 Å². The first-order valence-corrected chi connectivity index (χ1v) is 11.5. The zero-order valence-electron chi connectivity index (χ0n) is 18.7. The largest absolute Gasteiger partial charge is 0.491 e. The Hall–Kier alpha value is -1.64. The highest BCUT2D eigenvalue weighted by molar-refractivity contribution is 6.30. The van der Waals surface area contributed by atoms with Crippen LogP contribution in [0.2, 0.25) is 5.02 Å². The third-order valence-corrected chi connectivity index (χ3v) is 5.43. The molecule has 1 aliphatic carbocycles. The highest BCUT2D eigenvalue weighted by Gasteiger charge is 2.42. The van der Waals surface area contributed by atoms with Gasteiger partial charge >= 0.3 is 5.97 Å². The zero-order chi connectivity index (χ0) is 23.5. The quantitative estimate of drug-likeness (QED) is 0.231. The van der Waals surface area contributed by atoms with Gasteiger partial charge in [-0.25, -0.2) is 0 Å². The van der Waals surface area contributed by atoms with E-state index in [1.54, 1.807) is 24.3 Å². The van der Waals surface area contributed by atoms with Crippen molar-refractivity contribution >= 4 is 17.6 Å². The molecule has 1 aliphatic rings. The number of hydrogen-bond donors (Lipinski definition) is 3. The SMILES string of the molecule is CC(C)OC(=O)CCC/C=C\C[C@@H]1[C@@H](OC[C@H](O)COc2cccc(Cl)c2)[C@H](O)C[C@@H]1O. The van der Waals surface area contributed by atoms with Crippen molar-refractivity contribution in [3.05, 3.63) is 41.4 Å². The maximum absolute atomic E-state index is 11.5. The van der Waals surface area contributed by atoms with Crippen molar-refractivity contribution in [1.82, 2.24) is 0 Å². The fourth-order valence-electron chi connectivity index (χ4n) is 3.66. The van der Waals surface area contributed by atoms with E-state index < -0.39 is 24.4 Å². The summed E-state index contributed by atoms with van der Waals surface area (Å²) in [6, 6.07) is 6.89. The highest BCUT2D eigenvalue weighted by Crippen LogP contribution is 2.32.